The monoisotopic (exact) mass is 321 g/mol. The van der Waals surface area contributed by atoms with Crippen LogP contribution in [0.1, 0.15) is 19.8 Å². The second-order valence-corrected chi connectivity index (χ2v) is 7.65. The van der Waals surface area contributed by atoms with Crippen LogP contribution in [0.25, 0.3) is 0 Å². The van der Waals surface area contributed by atoms with Crippen LogP contribution in [0.4, 0.5) is 0 Å². The van der Waals surface area contributed by atoms with E-state index in [1.54, 1.807) is 23.5 Å². The van der Waals surface area contributed by atoms with Gasteiger partial charge in [0.25, 0.3) is 0 Å². The molecule has 1 aromatic heterocycles. The Morgan fingerprint density at radius 2 is 2.25 bits per heavy atom. The maximum atomic E-state index is 12.4. The molecule has 1 aromatic rings. The standard InChI is InChI=1S/C12H23N3O3S2/c1-11(5-8-19-3)14(2)20(17,18)12-9-13-15(10-12)6-4-7-16/h9-11,16H,4-8H2,1-3H3. The van der Waals surface area contributed by atoms with Crippen molar-refractivity contribution in [3.05, 3.63) is 12.4 Å². The van der Waals surface area contributed by atoms with Crippen molar-refractivity contribution in [2.75, 3.05) is 25.7 Å². The van der Waals surface area contributed by atoms with Crippen LogP contribution >= 0.6 is 11.8 Å². The van der Waals surface area contributed by atoms with Crippen molar-refractivity contribution in [3.8, 4) is 0 Å². The van der Waals surface area contributed by atoms with E-state index in [0.29, 0.717) is 13.0 Å². The molecule has 0 aromatic carbocycles. The third-order valence-electron chi connectivity index (χ3n) is 3.19. The summed E-state index contributed by atoms with van der Waals surface area (Å²) >= 11 is 1.71. The fourth-order valence-corrected chi connectivity index (χ4v) is 3.63. The van der Waals surface area contributed by atoms with Gasteiger partial charge in [0.1, 0.15) is 4.90 Å². The Kier molecular flexibility index (Phi) is 7.01. The molecule has 1 rings (SSSR count). The second-order valence-electron chi connectivity index (χ2n) is 4.67. The predicted molar refractivity (Wildman–Crippen MR) is 81.3 cm³/mol. The van der Waals surface area contributed by atoms with Gasteiger partial charge in [0.15, 0.2) is 0 Å². The van der Waals surface area contributed by atoms with Crippen molar-refractivity contribution in [1.29, 1.82) is 0 Å². The first kappa shape index (κ1) is 17.5. The molecule has 0 aliphatic carbocycles. The first-order valence-electron chi connectivity index (χ1n) is 6.53. The minimum Gasteiger partial charge on any atom is -0.396 e. The first-order valence-corrected chi connectivity index (χ1v) is 9.37. The van der Waals surface area contributed by atoms with Crippen molar-refractivity contribution in [2.24, 2.45) is 0 Å². The molecule has 0 fully saturated rings. The number of aryl methyl sites for hydroxylation is 1. The van der Waals surface area contributed by atoms with E-state index in [1.807, 2.05) is 13.2 Å². The molecule has 0 saturated carbocycles. The van der Waals surface area contributed by atoms with Gasteiger partial charge in [-0.3, -0.25) is 4.68 Å². The van der Waals surface area contributed by atoms with E-state index in [4.69, 9.17) is 5.11 Å². The van der Waals surface area contributed by atoms with Gasteiger partial charge in [-0.25, -0.2) is 8.42 Å². The van der Waals surface area contributed by atoms with E-state index in [0.717, 1.165) is 12.2 Å². The Balaban J connectivity index is 2.79. The van der Waals surface area contributed by atoms with Crippen LogP contribution in [0.5, 0.6) is 0 Å². The van der Waals surface area contributed by atoms with Gasteiger partial charge >= 0.3 is 0 Å². The molecule has 1 N–H and O–H groups in total. The Morgan fingerprint density at radius 1 is 1.55 bits per heavy atom. The lowest BCUT2D eigenvalue weighted by Crippen LogP contribution is -2.35. The van der Waals surface area contributed by atoms with E-state index < -0.39 is 10.0 Å². The minimum absolute atomic E-state index is 0.0479. The van der Waals surface area contributed by atoms with Crippen LogP contribution in [0.15, 0.2) is 17.3 Å². The summed E-state index contributed by atoms with van der Waals surface area (Å²) in [6.07, 6.45) is 6.26. The first-order chi connectivity index (χ1) is 9.43. The third-order valence-corrected chi connectivity index (χ3v) is 5.76. The lowest BCUT2D eigenvalue weighted by Gasteiger charge is -2.23. The molecule has 0 radical (unpaired) electrons. The molecule has 8 heteroatoms. The van der Waals surface area contributed by atoms with Crippen LogP contribution in [-0.4, -0.2) is 59.3 Å². The SMILES string of the molecule is CSCCC(C)N(C)S(=O)(=O)c1cnn(CCCO)c1. The number of aromatic nitrogens is 2. The van der Waals surface area contributed by atoms with E-state index in [1.165, 1.54) is 16.7 Å². The number of nitrogens with zero attached hydrogens (tertiary/aromatic N) is 3. The number of aliphatic hydroxyl groups is 1. The van der Waals surface area contributed by atoms with E-state index >= 15 is 0 Å². The number of hydrogen-bond donors (Lipinski definition) is 1. The highest BCUT2D eigenvalue weighted by molar-refractivity contribution is 7.98. The van der Waals surface area contributed by atoms with Crippen LogP contribution in [0.3, 0.4) is 0 Å². The maximum absolute atomic E-state index is 12.4. The van der Waals surface area contributed by atoms with E-state index in [-0.39, 0.29) is 17.5 Å². The summed E-state index contributed by atoms with van der Waals surface area (Å²) in [6.45, 7) is 2.48. The minimum atomic E-state index is -3.49. The number of aliphatic hydroxyl groups excluding tert-OH is 1. The highest BCUT2D eigenvalue weighted by atomic mass is 32.2. The smallest absolute Gasteiger partial charge is 0.246 e. The summed E-state index contributed by atoms with van der Waals surface area (Å²) in [7, 11) is -1.89. The lowest BCUT2D eigenvalue weighted by molar-refractivity contribution is 0.277. The Bertz CT molecular complexity index is 502. The number of thioether (sulfide) groups is 1. The average molecular weight is 321 g/mol. The van der Waals surface area contributed by atoms with Gasteiger partial charge in [0.2, 0.25) is 10.0 Å². The number of hydrogen-bond acceptors (Lipinski definition) is 5. The molecule has 20 heavy (non-hydrogen) atoms. The largest absolute Gasteiger partial charge is 0.396 e. The van der Waals surface area contributed by atoms with Crippen LogP contribution < -0.4 is 0 Å². The van der Waals surface area contributed by atoms with Gasteiger partial charge in [-0.15, -0.1) is 0 Å². The molecular formula is C12H23N3O3S2. The average Bonchev–Trinajstić information content (AvgIpc) is 2.91. The molecule has 1 unspecified atom stereocenters. The zero-order valence-corrected chi connectivity index (χ0v) is 13.8. The zero-order valence-electron chi connectivity index (χ0n) is 12.2. The lowest BCUT2D eigenvalue weighted by atomic mass is 10.3. The fraction of sp³-hybridized carbons (Fsp3) is 0.750. The van der Waals surface area contributed by atoms with Gasteiger partial charge in [0, 0.05) is 32.4 Å². The molecule has 0 saturated heterocycles. The zero-order chi connectivity index (χ0) is 15.2. The van der Waals surface area contributed by atoms with E-state index in [9.17, 15) is 8.42 Å². The molecule has 0 bridgehead atoms. The second kappa shape index (κ2) is 8.02. The number of rotatable bonds is 9. The highest BCUT2D eigenvalue weighted by Crippen LogP contribution is 2.18. The normalized spacial score (nSPS) is 13.8. The van der Waals surface area contributed by atoms with Gasteiger partial charge in [-0.2, -0.15) is 21.2 Å². The molecular weight excluding hydrogens is 298 g/mol. The molecule has 0 spiro atoms. The Labute approximate surface area is 125 Å². The summed E-state index contributed by atoms with van der Waals surface area (Å²) in [5.74, 6) is 0.927. The van der Waals surface area contributed by atoms with Crippen LogP contribution in [-0.2, 0) is 16.6 Å². The van der Waals surface area contributed by atoms with Crippen LogP contribution in [0, 0.1) is 0 Å². The summed E-state index contributed by atoms with van der Waals surface area (Å²) in [4.78, 5) is 0.203. The highest BCUT2D eigenvalue weighted by Gasteiger charge is 2.26. The number of sulfonamides is 1. The van der Waals surface area contributed by atoms with Crippen LogP contribution in [0.2, 0.25) is 0 Å². The van der Waals surface area contributed by atoms with Gasteiger partial charge < -0.3 is 5.11 Å². The molecule has 0 aliphatic rings. The molecule has 0 amide bonds. The third kappa shape index (κ3) is 4.47. The summed E-state index contributed by atoms with van der Waals surface area (Å²) in [5, 5.41) is 12.8. The summed E-state index contributed by atoms with van der Waals surface area (Å²) in [6, 6.07) is -0.0479. The molecule has 1 heterocycles. The van der Waals surface area contributed by atoms with E-state index in [2.05, 4.69) is 5.10 Å². The molecule has 116 valence electrons. The van der Waals surface area contributed by atoms with Gasteiger partial charge in [-0.05, 0) is 31.8 Å². The predicted octanol–water partition coefficient (Wildman–Crippen LogP) is 1.03. The van der Waals surface area contributed by atoms with Gasteiger partial charge in [0.05, 0.1) is 6.20 Å². The van der Waals surface area contributed by atoms with Crippen molar-refractivity contribution >= 4 is 21.8 Å². The maximum Gasteiger partial charge on any atom is 0.246 e. The van der Waals surface area contributed by atoms with Crippen molar-refractivity contribution in [2.45, 2.75) is 37.2 Å². The fourth-order valence-electron chi connectivity index (χ4n) is 1.71. The summed E-state index contributed by atoms with van der Waals surface area (Å²) < 4.78 is 27.8. The van der Waals surface area contributed by atoms with Crippen molar-refractivity contribution < 1.29 is 13.5 Å². The Morgan fingerprint density at radius 3 is 2.85 bits per heavy atom. The van der Waals surface area contributed by atoms with Crippen molar-refractivity contribution in [3.63, 3.8) is 0 Å². The Hall–Kier alpha value is -0.570. The van der Waals surface area contributed by atoms with Crippen molar-refractivity contribution in [1.82, 2.24) is 14.1 Å². The topological polar surface area (TPSA) is 75.4 Å². The molecule has 6 nitrogen and oxygen atoms in total. The molecule has 1 atom stereocenters. The quantitative estimate of drug-likeness (QED) is 0.735. The summed E-state index contributed by atoms with van der Waals surface area (Å²) in [5.41, 5.74) is 0. The van der Waals surface area contributed by atoms with Gasteiger partial charge in [-0.1, -0.05) is 0 Å². The molecule has 0 aliphatic heterocycles.